The average Bonchev–Trinajstić information content (AvgIpc) is 3.24. The molecule has 1 aromatic carbocycles. The standard InChI is InChI=1S/C18H17NO2/c1-9-3-2-4-10(7-9)19-17(20)15-11-5-6-12(14-8-13(11)14)16(15)18(19)21/h2-7,11-16H,8H2,1H3/t11-,12-,13-,14+,15+,16+/m0/s1. The van der Waals surface area contributed by atoms with Gasteiger partial charge in [0, 0.05) is 0 Å². The van der Waals surface area contributed by atoms with Crippen molar-refractivity contribution < 1.29 is 9.59 Å². The highest BCUT2D eigenvalue weighted by Gasteiger charge is 2.67. The van der Waals surface area contributed by atoms with Gasteiger partial charge >= 0.3 is 0 Å². The van der Waals surface area contributed by atoms with Crippen molar-refractivity contribution in [2.24, 2.45) is 35.5 Å². The molecule has 6 atom stereocenters. The predicted molar refractivity (Wildman–Crippen MR) is 78.4 cm³/mol. The van der Waals surface area contributed by atoms with Gasteiger partial charge in [0.05, 0.1) is 17.5 Å². The molecule has 1 aliphatic heterocycles. The van der Waals surface area contributed by atoms with Crippen molar-refractivity contribution in [1.29, 1.82) is 0 Å². The van der Waals surface area contributed by atoms with Crippen molar-refractivity contribution in [2.45, 2.75) is 13.3 Å². The number of rotatable bonds is 1. The summed E-state index contributed by atoms with van der Waals surface area (Å²) in [4.78, 5) is 27.2. The molecule has 1 heterocycles. The molecule has 0 spiro atoms. The van der Waals surface area contributed by atoms with Crippen molar-refractivity contribution in [2.75, 3.05) is 4.90 Å². The Morgan fingerprint density at radius 3 is 2.19 bits per heavy atom. The van der Waals surface area contributed by atoms with E-state index < -0.39 is 0 Å². The molecule has 0 N–H and O–H groups in total. The molecular formula is C18H17NO2. The zero-order valence-electron chi connectivity index (χ0n) is 11.9. The third-order valence-corrected chi connectivity index (χ3v) is 5.92. The second-order valence-electron chi connectivity index (χ2n) is 7.01. The Bertz CT molecular complexity index is 671. The molecule has 5 aliphatic rings. The van der Waals surface area contributed by atoms with Gasteiger partial charge in [-0.3, -0.25) is 14.5 Å². The molecule has 2 bridgehead atoms. The molecule has 1 saturated heterocycles. The summed E-state index contributed by atoms with van der Waals surface area (Å²) in [6, 6.07) is 7.71. The number of imide groups is 1. The maximum absolute atomic E-state index is 12.9. The number of amides is 2. The first-order valence-corrected chi connectivity index (χ1v) is 7.79. The van der Waals surface area contributed by atoms with Gasteiger partial charge < -0.3 is 0 Å². The molecular weight excluding hydrogens is 262 g/mol. The van der Waals surface area contributed by atoms with Crippen LogP contribution in [-0.2, 0) is 9.59 Å². The number of nitrogens with zero attached hydrogens (tertiary/aromatic N) is 1. The van der Waals surface area contributed by atoms with Crippen LogP contribution in [0.5, 0.6) is 0 Å². The zero-order chi connectivity index (χ0) is 14.3. The van der Waals surface area contributed by atoms with Crippen LogP contribution in [0, 0.1) is 42.4 Å². The Morgan fingerprint density at radius 1 is 1.00 bits per heavy atom. The summed E-state index contributed by atoms with van der Waals surface area (Å²) >= 11 is 0. The molecule has 4 aliphatic carbocycles. The molecule has 2 saturated carbocycles. The number of benzene rings is 1. The van der Waals surface area contributed by atoms with E-state index in [0.717, 1.165) is 11.3 Å². The van der Waals surface area contributed by atoms with Crippen LogP contribution in [0.2, 0.25) is 0 Å². The molecule has 106 valence electrons. The van der Waals surface area contributed by atoms with Crippen LogP contribution in [0.4, 0.5) is 5.69 Å². The smallest absolute Gasteiger partial charge is 0.238 e. The summed E-state index contributed by atoms with van der Waals surface area (Å²) in [5, 5.41) is 0. The Labute approximate surface area is 123 Å². The van der Waals surface area contributed by atoms with Crippen molar-refractivity contribution in [3.05, 3.63) is 42.0 Å². The first kappa shape index (κ1) is 11.7. The highest BCUT2D eigenvalue weighted by atomic mass is 16.2. The fraction of sp³-hybridized carbons (Fsp3) is 0.444. The van der Waals surface area contributed by atoms with Crippen LogP contribution in [0.1, 0.15) is 12.0 Å². The summed E-state index contributed by atoms with van der Waals surface area (Å²) in [5.74, 6) is 1.78. The summed E-state index contributed by atoms with van der Waals surface area (Å²) in [7, 11) is 0. The van der Waals surface area contributed by atoms with Crippen LogP contribution in [-0.4, -0.2) is 11.8 Å². The minimum atomic E-state index is -0.100. The van der Waals surface area contributed by atoms with E-state index in [4.69, 9.17) is 0 Å². The fourth-order valence-electron chi connectivity index (χ4n) is 4.98. The van der Waals surface area contributed by atoms with E-state index in [2.05, 4.69) is 12.2 Å². The molecule has 6 rings (SSSR count). The van der Waals surface area contributed by atoms with E-state index in [1.165, 1.54) is 11.3 Å². The van der Waals surface area contributed by atoms with Gasteiger partial charge in [-0.15, -0.1) is 0 Å². The first-order chi connectivity index (χ1) is 10.2. The maximum atomic E-state index is 12.9. The van der Waals surface area contributed by atoms with Crippen molar-refractivity contribution in [3.8, 4) is 0 Å². The van der Waals surface area contributed by atoms with Crippen LogP contribution >= 0.6 is 0 Å². The van der Waals surface area contributed by atoms with Gasteiger partial charge in [0.2, 0.25) is 11.8 Å². The van der Waals surface area contributed by atoms with Gasteiger partial charge in [0.1, 0.15) is 0 Å². The summed E-state index contributed by atoms with van der Waals surface area (Å²) in [5.41, 5.74) is 1.82. The molecule has 21 heavy (non-hydrogen) atoms. The monoisotopic (exact) mass is 279 g/mol. The van der Waals surface area contributed by atoms with Gasteiger partial charge in [-0.2, -0.15) is 0 Å². The molecule has 3 heteroatoms. The Morgan fingerprint density at radius 2 is 1.62 bits per heavy atom. The van der Waals surface area contributed by atoms with E-state index >= 15 is 0 Å². The van der Waals surface area contributed by atoms with Crippen LogP contribution in [0.3, 0.4) is 0 Å². The first-order valence-electron chi connectivity index (χ1n) is 7.79. The topological polar surface area (TPSA) is 37.4 Å². The van der Waals surface area contributed by atoms with Crippen LogP contribution < -0.4 is 4.90 Å². The van der Waals surface area contributed by atoms with E-state index in [9.17, 15) is 9.59 Å². The number of allylic oxidation sites excluding steroid dienone is 2. The molecule has 0 unspecified atom stereocenters. The third-order valence-electron chi connectivity index (χ3n) is 5.92. The van der Waals surface area contributed by atoms with Crippen molar-refractivity contribution >= 4 is 17.5 Å². The van der Waals surface area contributed by atoms with Crippen molar-refractivity contribution in [1.82, 2.24) is 0 Å². The number of anilines is 1. The lowest BCUT2D eigenvalue weighted by molar-refractivity contribution is -0.124. The highest BCUT2D eigenvalue weighted by molar-refractivity contribution is 6.22. The number of carbonyl (C=O) groups is 2. The van der Waals surface area contributed by atoms with E-state index in [1.54, 1.807) is 0 Å². The molecule has 2 amide bonds. The predicted octanol–water partition coefficient (Wildman–Crippen LogP) is 2.55. The number of hydrogen-bond donors (Lipinski definition) is 0. The maximum Gasteiger partial charge on any atom is 0.238 e. The normalized spacial score (nSPS) is 42.2. The summed E-state index contributed by atoms with van der Waals surface area (Å²) in [6.45, 7) is 1.99. The number of hydrogen-bond acceptors (Lipinski definition) is 2. The SMILES string of the molecule is Cc1cccc(N2C(=O)[C@@H]3[C@H]4C=C[C@@H]([C@@H]5C[C@H]45)[C@H]3C2=O)c1. The van der Waals surface area contributed by atoms with Gasteiger partial charge in [0.25, 0.3) is 0 Å². The van der Waals surface area contributed by atoms with Gasteiger partial charge in [-0.05, 0) is 54.7 Å². The lowest BCUT2D eigenvalue weighted by Crippen LogP contribution is -2.40. The number of carbonyl (C=O) groups excluding carboxylic acids is 2. The lowest BCUT2D eigenvalue weighted by Gasteiger charge is -2.37. The second kappa shape index (κ2) is 3.65. The number of aryl methyl sites for hydroxylation is 1. The lowest BCUT2D eigenvalue weighted by atomic mass is 9.63. The van der Waals surface area contributed by atoms with Gasteiger partial charge in [-0.1, -0.05) is 24.3 Å². The van der Waals surface area contributed by atoms with Gasteiger partial charge in [-0.25, -0.2) is 0 Å². The molecule has 3 fully saturated rings. The Kier molecular flexibility index (Phi) is 2.04. The minimum Gasteiger partial charge on any atom is -0.274 e. The zero-order valence-corrected chi connectivity index (χ0v) is 11.9. The van der Waals surface area contributed by atoms with Crippen LogP contribution in [0.25, 0.3) is 0 Å². The van der Waals surface area contributed by atoms with Crippen molar-refractivity contribution in [3.63, 3.8) is 0 Å². The largest absolute Gasteiger partial charge is 0.274 e. The Balaban J connectivity index is 1.60. The Hall–Kier alpha value is -1.90. The van der Waals surface area contributed by atoms with E-state index in [1.807, 2.05) is 31.2 Å². The summed E-state index contributed by atoms with van der Waals surface area (Å²) < 4.78 is 0. The molecule has 0 aromatic heterocycles. The van der Waals surface area contributed by atoms with Gasteiger partial charge in [0.15, 0.2) is 0 Å². The third kappa shape index (κ3) is 1.34. The summed E-state index contributed by atoms with van der Waals surface area (Å²) in [6.07, 6.45) is 5.64. The quantitative estimate of drug-likeness (QED) is 0.585. The second-order valence-corrected chi connectivity index (χ2v) is 7.01. The minimum absolute atomic E-state index is 0.0281. The highest BCUT2D eigenvalue weighted by Crippen LogP contribution is 2.65. The molecule has 3 nitrogen and oxygen atoms in total. The van der Waals surface area contributed by atoms with E-state index in [-0.39, 0.29) is 23.7 Å². The fourth-order valence-corrected chi connectivity index (χ4v) is 4.98. The average molecular weight is 279 g/mol. The molecule has 0 radical (unpaired) electrons. The molecule has 1 aromatic rings. The van der Waals surface area contributed by atoms with E-state index in [0.29, 0.717) is 23.7 Å². The van der Waals surface area contributed by atoms with Crippen LogP contribution in [0.15, 0.2) is 36.4 Å².